The monoisotopic (exact) mass is 303 g/mol. The predicted octanol–water partition coefficient (Wildman–Crippen LogP) is 3.03. The third-order valence-electron chi connectivity index (χ3n) is 3.35. The van der Waals surface area contributed by atoms with E-state index in [1.165, 1.54) is 7.11 Å². The maximum Gasteiger partial charge on any atom is 0.175 e. The van der Waals surface area contributed by atoms with E-state index >= 15 is 0 Å². The Morgan fingerprint density at radius 1 is 1.47 bits per heavy atom. The minimum absolute atomic E-state index is 0.220. The van der Waals surface area contributed by atoms with Crippen LogP contribution in [0.3, 0.4) is 0 Å². The van der Waals surface area contributed by atoms with Gasteiger partial charge in [-0.1, -0.05) is 12.8 Å². The van der Waals surface area contributed by atoms with Crippen LogP contribution in [-0.4, -0.2) is 12.2 Å². The molecule has 1 fully saturated rings. The lowest BCUT2D eigenvalue weighted by atomic mass is 9.88. The molecule has 0 atom stereocenters. The van der Waals surface area contributed by atoms with Crippen LogP contribution in [0.25, 0.3) is 0 Å². The van der Waals surface area contributed by atoms with Crippen molar-refractivity contribution < 1.29 is 14.2 Å². The van der Waals surface area contributed by atoms with Gasteiger partial charge in [0.2, 0.25) is 0 Å². The van der Waals surface area contributed by atoms with Crippen LogP contribution in [0.4, 0.5) is 4.39 Å². The fraction of sp³-hybridized carbons (Fsp3) is 0.500. The lowest BCUT2D eigenvalue weighted by Crippen LogP contribution is -2.34. The summed E-state index contributed by atoms with van der Waals surface area (Å²) < 4.78 is 19.5. The number of ether oxygens (including phenoxy) is 1. The zero-order valence-electron chi connectivity index (χ0n) is 9.59. The predicted molar refractivity (Wildman–Crippen MR) is 66.7 cm³/mol. The van der Waals surface area contributed by atoms with Crippen LogP contribution in [0.15, 0.2) is 10.5 Å². The number of phenolic OH excluding ortho intramolecular Hbond substituents is 1. The fourth-order valence-electron chi connectivity index (χ4n) is 2.50. The molecule has 0 unspecified atom stereocenters. The van der Waals surface area contributed by atoms with Crippen LogP contribution in [0.1, 0.15) is 31.2 Å². The zero-order valence-corrected chi connectivity index (χ0v) is 11.2. The van der Waals surface area contributed by atoms with E-state index in [1.54, 1.807) is 0 Å². The van der Waals surface area contributed by atoms with E-state index in [-0.39, 0.29) is 11.5 Å². The molecule has 5 heteroatoms. The van der Waals surface area contributed by atoms with Crippen LogP contribution in [-0.2, 0) is 5.54 Å². The maximum absolute atomic E-state index is 14.0. The van der Waals surface area contributed by atoms with Gasteiger partial charge in [0, 0.05) is 17.2 Å². The molecular formula is C12H15BrFNO2. The second-order valence-corrected chi connectivity index (χ2v) is 5.26. The van der Waals surface area contributed by atoms with Crippen molar-refractivity contribution in [2.24, 2.45) is 5.73 Å². The van der Waals surface area contributed by atoms with Gasteiger partial charge < -0.3 is 15.6 Å². The molecule has 0 spiro atoms. The molecule has 3 nitrogen and oxygen atoms in total. The van der Waals surface area contributed by atoms with Gasteiger partial charge in [0.1, 0.15) is 5.82 Å². The number of aromatic hydroxyl groups is 1. The van der Waals surface area contributed by atoms with E-state index < -0.39 is 11.4 Å². The number of nitrogens with two attached hydrogens (primary N) is 1. The van der Waals surface area contributed by atoms with Gasteiger partial charge in [-0.25, -0.2) is 4.39 Å². The van der Waals surface area contributed by atoms with E-state index in [2.05, 4.69) is 15.9 Å². The summed E-state index contributed by atoms with van der Waals surface area (Å²) in [5, 5.41) is 9.59. The van der Waals surface area contributed by atoms with Gasteiger partial charge in [-0.2, -0.15) is 0 Å². The van der Waals surface area contributed by atoms with Crippen LogP contribution in [0, 0.1) is 5.82 Å². The molecule has 0 aliphatic heterocycles. The van der Waals surface area contributed by atoms with Crippen molar-refractivity contribution in [3.8, 4) is 11.5 Å². The zero-order chi connectivity index (χ0) is 12.6. The SMILES string of the molecule is COc1c(O)cc(F)c(C2(N)CCCC2)c1Br. The van der Waals surface area contributed by atoms with Gasteiger partial charge >= 0.3 is 0 Å². The lowest BCUT2D eigenvalue weighted by Gasteiger charge is -2.27. The van der Waals surface area contributed by atoms with Crippen molar-refractivity contribution in [1.29, 1.82) is 0 Å². The third kappa shape index (κ3) is 2.02. The molecule has 1 aliphatic rings. The molecule has 2 rings (SSSR count). The summed E-state index contributed by atoms with van der Waals surface area (Å²) in [6.45, 7) is 0. The first-order valence-electron chi connectivity index (χ1n) is 5.54. The highest BCUT2D eigenvalue weighted by molar-refractivity contribution is 9.10. The Morgan fingerprint density at radius 3 is 2.59 bits per heavy atom. The Morgan fingerprint density at radius 2 is 2.06 bits per heavy atom. The van der Waals surface area contributed by atoms with E-state index in [9.17, 15) is 9.50 Å². The summed E-state index contributed by atoms with van der Waals surface area (Å²) in [6.07, 6.45) is 3.48. The van der Waals surface area contributed by atoms with Crippen molar-refractivity contribution in [3.05, 3.63) is 21.9 Å². The number of benzene rings is 1. The molecule has 0 amide bonds. The molecule has 17 heavy (non-hydrogen) atoms. The number of rotatable bonds is 2. The van der Waals surface area contributed by atoms with Gasteiger partial charge in [-0.3, -0.25) is 0 Å². The summed E-state index contributed by atoms with van der Waals surface area (Å²) >= 11 is 3.28. The number of hydrogen-bond acceptors (Lipinski definition) is 3. The summed E-state index contributed by atoms with van der Waals surface area (Å²) in [4.78, 5) is 0. The Labute approximate surface area is 108 Å². The average Bonchev–Trinajstić information content (AvgIpc) is 2.65. The van der Waals surface area contributed by atoms with E-state index in [0.717, 1.165) is 31.7 Å². The first-order chi connectivity index (χ1) is 7.99. The minimum atomic E-state index is -0.663. The first-order valence-corrected chi connectivity index (χ1v) is 6.33. The quantitative estimate of drug-likeness (QED) is 0.883. The Bertz CT molecular complexity index is 445. The molecule has 1 aromatic rings. The van der Waals surface area contributed by atoms with E-state index in [1.807, 2.05) is 0 Å². The minimum Gasteiger partial charge on any atom is -0.504 e. The summed E-state index contributed by atoms with van der Waals surface area (Å²) in [5.74, 6) is -0.472. The molecule has 0 aromatic heterocycles. The second kappa shape index (κ2) is 4.46. The van der Waals surface area contributed by atoms with Crippen molar-refractivity contribution in [3.63, 3.8) is 0 Å². The van der Waals surface area contributed by atoms with Crippen LogP contribution < -0.4 is 10.5 Å². The number of phenols is 1. The Balaban J connectivity index is 2.60. The molecular weight excluding hydrogens is 289 g/mol. The highest BCUT2D eigenvalue weighted by atomic mass is 79.9. The summed E-state index contributed by atoms with van der Waals surface area (Å²) in [7, 11) is 1.43. The molecule has 0 heterocycles. The van der Waals surface area contributed by atoms with Gasteiger partial charge in [0.05, 0.1) is 11.6 Å². The molecule has 94 valence electrons. The van der Waals surface area contributed by atoms with Crippen molar-refractivity contribution >= 4 is 15.9 Å². The Kier molecular flexibility index (Phi) is 3.32. The highest BCUT2D eigenvalue weighted by Gasteiger charge is 2.37. The number of hydrogen-bond donors (Lipinski definition) is 2. The standard InChI is InChI=1S/C12H15BrFNO2/c1-17-11-8(16)6-7(14)9(10(11)13)12(15)4-2-3-5-12/h6,16H,2-5,15H2,1H3. The Hall–Kier alpha value is -0.810. The molecule has 0 saturated heterocycles. The van der Waals surface area contributed by atoms with E-state index in [0.29, 0.717) is 10.0 Å². The highest BCUT2D eigenvalue weighted by Crippen LogP contribution is 2.46. The largest absolute Gasteiger partial charge is 0.504 e. The molecule has 3 N–H and O–H groups in total. The van der Waals surface area contributed by atoms with Crippen LogP contribution in [0.5, 0.6) is 11.5 Å². The molecule has 0 bridgehead atoms. The van der Waals surface area contributed by atoms with Crippen LogP contribution >= 0.6 is 15.9 Å². The average molecular weight is 304 g/mol. The number of methoxy groups -OCH3 is 1. The number of halogens is 2. The molecule has 0 radical (unpaired) electrons. The fourth-order valence-corrected chi connectivity index (χ4v) is 3.44. The maximum atomic E-state index is 14.0. The summed E-state index contributed by atoms with van der Waals surface area (Å²) in [5.41, 5.74) is 5.99. The summed E-state index contributed by atoms with van der Waals surface area (Å²) in [6, 6.07) is 1.06. The second-order valence-electron chi connectivity index (χ2n) is 4.46. The molecule has 1 aliphatic carbocycles. The van der Waals surface area contributed by atoms with Gasteiger partial charge in [-0.05, 0) is 28.8 Å². The van der Waals surface area contributed by atoms with Gasteiger partial charge in [0.25, 0.3) is 0 Å². The smallest absolute Gasteiger partial charge is 0.175 e. The van der Waals surface area contributed by atoms with Crippen molar-refractivity contribution in [1.82, 2.24) is 0 Å². The van der Waals surface area contributed by atoms with Crippen molar-refractivity contribution in [2.45, 2.75) is 31.2 Å². The topological polar surface area (TPSA) is 55.5 Å². The van der Waals surface area contributed by atoms with Gasteiger partial charge in [-0.15, -0.1) is 0 Å². The van der Waals surface area contributed by atoms with E-state index in [4.69, 9.17) is 10.5 Å². The third-order valence-corrected chi connectivity index (χ3v) is 4.11. The van der Waals surface area contributed by atoms with Crippen molar-refractivity contribution in [2.75, 3.05) is 7.11 Å². The normalized spacial score (nSPS) is 18.4. The lowest BCUT2D eigenvalue weighted by molar-refractivity contribution is 0.359. The molecule has 1 aromatic carbocycles. The first kappa shape index (κ1) is 12.6. The van der Waals surface area contributed by atoms with Gasteiger partial charge in [0.15, 0.2) is 11.5 Å². The van der Waals surface area contributed by atoms with Crippen LogP contribution in [0.2, 0.25) is 0 Å². The molecule has 1 saturated carbocycles.